The molecule has 142 valence electrons. The maximum atomic E-state index is 11.1. The molecule has 0 bridgehead atoms. The van der Waals surface area contributed by atoms with E-state index < -0.39 is 54.7 Å². The lowest BCUT2D eigenvalue weighted by molar-refractivity contribution is 0.0693. The Morgan fingerprint density at radius 3 is 2.19 bits per heavy atom. The van der Waals surface area contributed by atoms with E-state index in [0.717, 1.165) is 12.1 Å². The van der Waals surface area contributed by atoms with E-state index in [1.807, 2.05) is 0 Å². The highest BCUT2D eigenvalue weighted by molar-refractivity contribution is 8.15. The van der Waals surface area contributed by atoms with Crippen LogP contribution in [0, 0.1) is 0 Å². The fraction of sp³-hybridized carbons (Fsp3) is 0.133. The van der Waals surface area contributed by atoms with Crippen LogP contribution in [0.3, 0.4) is 0 Å². The number of carboxylic acids is 1. The van der Waals surface area contributed by atoms with Crippen molar-refractivity contribution in [2.24, 2.45) is 0 Å². The number of thiol groups is 1. The van der Waals surface area contributed by atoms with E-state index in [2.05, 4.69) is 0 Å². The molecule has 0 radical (unpaired) electrons. The first-order valence-corrected chi connectivity index (χ1v) is 10.4. The maximum absolute atomic E-state index is 11.1. The van der Waals surface area contributed by atoms with Crippen LogP contribution in [0.2, 0.25) is 0 Å². The molecular weight excluding hydrogens is 388 g/mol. The van der Waals surface area contributed by atoms with Gasteiger partial charge in [0.1, 0.15) is 33.5 Å². The van der Waals surface area contributed by atoms with Crippen molar-refractivity contribution in [2.75, 3.05) is 6.26 Å². The lowest BCUT2D eigenvalue weighted by Gasteiger charge is -2.20. The van der Waals surface area contributed by atoms with Crippen LogP contribution >= 0.6 is 10.9 Å². The molecule has 2 aromatic rings. The van der Waals surface area contributed by atoms with E-state index in [-0.39, 0.29) is 22.0 Å². The lowest BCUT2D eigenvalue weighted by atomic mass is 10.1. The molecule has 0 saturated carbocycles. The molecule has 2 aromatic carbocycles. The van der Waals surface area contributed by atoms with Crippen molar-refractivity contribution in [2.45, 2.75) is 15.5 Å². The van der Waals surface area contributed by atoms with Gasteiger partial charge in [-0.3, -0.25) is 4.55 Å². The van der Waals surface area contributed by atoms with Crippen LogP contribution in [-0.2, 0) is 15.9 Å². The van der Waals surface area contributed by atoms with Gasteiger partial charge in [0, 0.05) is 22.3 Å². The second-order valence-corrected chi connectivity index (χ2v) is 9.03. The van der Waals surface area contributed by atoms with Crippen LogP contribution in [0.1, 0.15) is 15.9 Å². The number of phenols is 4. The van der Waals surface area contributed by atoms with Gasteiger partial charge in [0.25, 0.3) is 10.1 Å². The number of benzene rings is 2. The van der Waals surface area contributed by atoms with Crippen molar-refractivity contribution in [3.8, 4) is 23.0 Å². The minimum atomic E-state index is -4.73. The van der Waals surface area contributed by atoms with E-state index in [1.165, 1.54) is 6.07 Å². The van der Waals surface area contributed by atoms with Crippen molar-refractivity contribution < 1.29 is 43.3 Å². The third kappa shape index (κ3) is 3.95. The molecule has 0 fully saturated rings. The zero-order chi connectivity index (χ0) is 19.8. The third-order valence-corrected chi connectivity index (χ3v) is 6.44. The normalized spacial score (nSPS) is 13.4. The summed E-state index contributed by atoms with van der Waals surface area (Å²) in [4.78, 5) is 10.4. The van der Waals surface area contributed by atoms with Gasteiger partial charge in [-0.15, -0.1) is 0 Å². The van der Waals surface area contributed by atoms with Gasteiger partial charge in [-0.2, -0.15) is 8.42 Å². The van der Waals surface area contributed by atoms with Crippen LogP contribution < -0.4 is 0 Å². The summed E-state index contributed by atoms with van der Waals surface area (Å²) in [5, 5.41) is 48.5. The fourth-order valence-corrected chi connectivity index (χ4v) is 4.67. The van der Waals surface area contributed by atoms with Gasteiger partial charge in [-0.25, -0.2) is 15.7 Å². The number of carboxylic acid groups (broad SMARTS) is 1. The summed E-state index contributed by atoms with van der Waals surface area (Å²) in [6, 6.07) is 3.74. The van der Waals surface area contributed by atoms with Gasteiger partial charge >= 0.3 is 5.97 Å². The van der Waals surface area contributed by atoms with Crippen LogP contribution in [0.15, 0.2) is 34.1 Å². The minimum absolute atomic E-state index is 0.0219. The Labute approximate surface area is 150 Å². The Morgan fingerprint density at radius 2 is 1.65 bits per heavy atom. The summed E-state index contributed by atoms with van der Waals surface area (Å²) in [6.07, 6.45) is 1.63. The van der Waals surface area contributed by atoms with E-state index in [1.54, 1.807) is 6.26 Å². The lowest BCUT2D eigenvalue weighted by Crippen LogP contribution is -2.01. The van der Waals surface area contributed by atoms with Crippen molar-refractivity contribution in [1.82, 2.24) is 0 Å². The van der Waals surface area contributed by atoms with Crippen molar-refractivity contribution in [3.05, 3.63) is 35.4 Å². The van der Waals surface area contributed by atoms with E-state index in [0.29, 0.717) is 6.07 Å². The zero-order valence-corrected chi connectivity index (χ0v) is 15.0. The smallest absolute Gasteiger partial charge is 0.339 e. The SMILES string of the molecule is C[SH](Cc1cc(O)cc(C(=O)O)c1O)c1cc(O)c(S(=O)(=O)O)cc1O. The first kappa shape index (κ1) is 19.7. The van der Waals surface area contributed by atoms with E-state index in [4.69, 9.17) is 9.66 Å². The zero-order valence-electron chi connectivity index (χ0n) is 13.3. The number of hydrogen-bond donors (Lipinski definition) is 7. The van der Waals surface area contributed by atoms with Crippen molar-refractivity contribution >= 4 is 27.0 Å². The molecule has 1 unspecified atom stereocenters. The number of aromatic carboxylic acids is 1. The molecule has 0 spiro atoms. The summed E-state index contributed by atoms with van der Waals surface area (Å²) >= 11 is 0. The molecule has 1 atom stereocenters. The van der Waals surface area contributed by atoms with Crippen LogP contribution in [0.5, 0.6) is 23.0 Å². The molecule has 9 nitrogen and oxygen atoms in total. The summed E-state index contributed by atoms with van der Waals surface area (Å²) in [6.45, 7) is 0. The molecule has 0 aliphatic carbocycles. The average Bonchev–Trinajstić information content (AvgIpc) is 2.50. The highest BCUT2D eigenvalue weighted by Gasteiger charge is 2.22. The standard InChI is InChI=1S/C15H16O9S2/c1-25(6-7-2-8(16)3-9(14(7)19)15(20)21)12-4-11(18)13(5-10(12)17)26(22,23)24/h2-5,16-19,25H,6H2,1H3,(H,20,21)(H,22,23,24). The third-order valence-electron chi connectivity index (χ3n) is 3.56. The van der Waals surface area contributed by atoms with E-state index >= 15 is 0 Å². The predicted molar refractivity (Wildman–Crippen MR) is 93.2 cm³/mol. The second kappa shape index (κ2) is 6.94. The average molecular weight is 404 g/mol. The highest BCUT2D eigenvalue weighted by atomic mass is 32.2. The van der Waals surface area contributed by atoms with Gasteiger partial charge < -0.3 is 25.5 Å². The summed E-state index contributed by atoms with van der Waals surface area (Å²) in [7, 11) is -6.07. The first-order chi connectivity index (χ1) is 11.9. The van der Waals surface area contributed by atoms with Gasteiger partial charge in [0.2, 0.25) is 0 Å². The molecule has 0 amide bonds. The molecular formula is C15H16O9S2. The largest absolute Gasteiger partial charge is 0.508 e. The second-order valence-electron chi connectivity index (χ2n) is 5.45. The maximum Gasteiger partial charge on any atom is 0.339 e. The van der Waals surface area contributed by atoms with Gasteiger partial charge in [-0.05, 0) is 24.5 Å². The molecule has 0 heterocycles. The molecule has 26 heavy (non-hydrogen) atoms. The molecule has 0 saturated heterocycles. The summed E-state index contributed by atoms with van der Waals surface area (Å²) in [5.41, 5.74) is -0.383. The van der Waals surface area contributed by atoms with Crippen LogP contribution in [-0.4, -0.2) is 50.7 Å². The molecule has 0 aliphatic rings. The minimum Gasteiger partial charge on any atom is -0.508 e. The number of phenolic OH excluding ortho intramolecular Hbond substituents is 3. The quantitative estimate of drug-likeness (QED) is 0.222. The number of rotatable bonds is 5. The predicted octanol–water partition coefficient (Wildman–Crippen LogP) is 1.64. The molecule has 6 N–H and O–H groups in total. The monoisotopic (exact) mass is 404 g/mol. The van der Waals surface area contributed by atoms with Crippen LogP contribution in [0.4, 0.5) is 0 Å². The fourth-order valence-electron chi connectivity index (χ4n) is 2.36. The Balaban J connectivity index is 2.45. The van der Waals surface area contributed by atoms with Crippen molar-refractivity contribution in [3.63, 3.8) is 0 Å². The van der Waals surface area contributed by atoms with Gasteiger partial charge in [0.05, 0.1) is 0 Å². The number of carbonyl (C=O) groups is 1. The van der Waals surface area contributed by atoms with Gasteiger partial charge in [0.15, 0.2) is 0 Å². The Hall–Kier alpha value is -2.63. The molecule has 0 aliphatic heterocycles. The number of hydrogen-bond acceptors (Lipinski definition) is 7. The molecule has 0 aromatic heterocycles. The Bertz CT molecular complexity index is 983. The van der Waals surface area contributed by atoms with E-state index in [9.17, 15) is 33.6 Å². The Morgan fingerprint density at radius 1 is 1.04 bits per heavy atom. The van der Waals surface area contributed by atoms with Crippen LogP contribution in [0.25, 0.3) is 0 Å². The summed E-state index contributed by atoms with van der Waals surface area (Å²) < 4.78 is 31.3. The molecule has 2 rings (SSSR count). The topological polar surface area (TPSA) is 173 Å². The molecule has 11 heteroatoms. The van der Waals surface area contributed by atoms with Gasteiger partial charge in [-0.1, -0.05) is 0 Å². The summed E-state index contributed by atoms with van der Waals surface area (Å²) in [5.74, 6) is -3.58. The number of aromatic hydroxyl groups is 4. The highest BCUT2D eigenvalue weighted by Crippen LogP contribution is 2.46. The first-order valence-electron chi connectivity index (χ1n) is 6.94. The van der Waals surface area contributed by atoms with Crippen molar-refractivity contribution in [1.29, 1.82) is 0 Å². The Kier molecular flexibility index (Phi) is 5.26.